The lowest BCUT2D eigenvalue weighted by molar-refractivity contribution is 0.0201. The van der Waals surface area contributed by atoms with Crippen LogP contribution in [0.3, 0.4) is 0 Å². The van der Waals surface area contributed by atoms with Gasteiger partial charge in [0.2, 0.25) is 0 Å². The molecule has 0 radical (unpaired) electrons. The molecule has 0 aliphatic carbocycles. The number of ether oxygens (including phenoxy) is 1. The molecule has 0 aliphatic rings. The van der Waals surface area contributed by atoms with Crippen molar-refractivity contribution in [1.29, 1.82) is 0 Å². The summed E-state index contributed by atoms with van der Waals surface area (Å²) in [6.45, 7) is 0.548. The van der Waals surface area contributed by atoms with Crippen LogP contribution in [0.2, 0.25) is 0 Å². The third-order valence-electron chi connectivity index (χ3n) is 4.44. The number of carbonyl (C=O) groups is 1. The number of halogens is 1. The number of aromatic nitrogens is 1. The molecule has 30 heavy (non-hydrogen) atoms. The van der Waals surface area contributed by atoms with Crippen LogP contribution >= 0.6 is 15.9 Å². The van der Waals surface area contributed by atoms with E-state index in [1.807, 2.05) is 78.9 Å². The number of pyridine rings is 1. The topological polar surface area (TPSA) is 60.5 Å². The Morgan fingerprint density at radius 1 is 0.900 bits per heavy atom. The van der Waals surface area contributed by atoms with E-state index < -0.39 is 0 Å². The molecule has 0 aliphatic heterocycles. The zero-order valence-electron chi connectivity index (χ0n) is 16.0. The van der Waals surface area contributed by atoms with Gasteiger partial charge >= 0.3 is 0 Å². The van der Waals surface area contributed by atoms with Crippen molar-refractivity contribution in [2.75, 3.05) is 13.2 Å². The molecular weight excluding hydrogens is 444 g/mol. The third kappa shape index (κ3) is 4.84. The number of benzene rings is 3. The van der Waals surface area contributed by atoms with Crippen LogP contribution in [0.15, 0.2) is 89.4 Å². The average molecular weight is 463 g/mol. The summed E-state index contributed by atoms with van der Waals surface area (Å²) in [5.74, 6) is 0.427. The fraction of sp³-hybridized carbons (Fsp3) is 0.0833. The van der Waals surface area contributed by atoms with Crippen molar-refractivity contribution in [3.05, 3.63) is 95.0 Å². The molecule has 5 nitrogen and oxygen atoms in total. The highest BCUT2D eigenvalue weighted by atomic mass is 79.9. The van der Waals surface area contributed by atoms with Gasteiger partial charge in [0.1, 0.15) is 19.0 Å². The van der Waals surface area contributed by atoms with Gasteiger partial charge in [0.05, 0.1) is 16.8 Å². The van der Waals surface area contributed by atoms with Crippen molar-refractivity contribution in [3.63, 3.8) is 0 Å². The minimum absolute atomic E-state index is 0.224. The average Bonchev–Trinajstić information content (AvgIpc) is 2.78. The summed E-state index contributed by atoms with van der Waals surface area (Å²) >= 11 is 3.48. The molecular formula is C24H19BrN2O3. The highest BCUT2D eigenvalue weighted by Gasteiger charge is 2.14. The second kappa shape index (κ2) is 9.52. The first-order valence-corrected chi connectivity index (χ1v) is 10.3. The van der Waals surface area contributed by atoms with E-state index in [0.717, 1.165) is 26.7 Å². The van der Waals surface area contributed by atoms with E-state index >= 15 is 0 Å². The first kappa shape index (κ1) is 20.1. The van der Waals surface area contributed by atoms with E-state index in [0.29, 0.717) is 17.9 Å². The minimum Gasteiger partial charge on any atom is -0.491 e. The van der Waals surface area contributed by atoms with Gasteiger partial charge in [-0.25, -0.2) is 10.5 Å². The summed E-state index contributed by atoms with van der Waals surface area (Å²) in [4.78, 5) is 22.9. The second-order valence-corrected chi connectivity index (χ2v) is 7.44. The number of hydroxylamine groups is 1. The number of amides is 1. The molecule has 150 valence electrons. The summed E-state index contributed by atoms with van der Waals surface area (Å²) < 4.78 is 6.51. The number of rotatable bonds is 7. The first-order chi connectivity index (χ1) is 14.7. The molecule has 3 aromatic carbocycles. The van der Waals surface area contributed by atoms with E-state index in [2.05, 4.69) is 21.4 Å². The molecule has 1 N–H and O–H groups in total. The fourth-order valence-corrected chi connectivity index (χ4v) is 3.45. The van der Waals surface area contributed by atoms with Crippen LogP contribution in [0.5, 0.6) is 5.75 Å². The Labute approximate surface area is 182 Å². The smallest absolute Gasteiger partial charge is 0.275 e. The summed E-state index contributed by atoms with van der Waals surface area (Å²) in [7, 11) is 0. The van der Waals surface area contributed by atoms with E-state index in [9.17, 15) is 4.79 Å². The summed E-state index contributed by atoms with van der Waals surface area (Å²) in [5.41, 5.74) is 5.39. The number of nitrogens with one attached hydrogen (secondary N) is 1. The Bertz CT molecular complexity index is 1170. The van der Waals surface area contributed by atoms with E-state index in [1.54, 1.807) is 6.07 Å². The Kier molecular flexibility index (Phi) is 6.37. The van der Waals surface area contributed by atoms with Crippen molar-refractivity contribution in [3.8, 4) is 17.0 Å². The van der Waals surface area contributed by atoms with Crippen molar-refractivity contribution in [2.24, 2.45) is 0 Å². The largest absolute Gasteiger partial charge is 0.491 e. The maximum Gasteiger partial charge on any atom is 0.275 e. The maximum atomic E-state index is 12.8. The van der Waals surface area contributed by atoms with E-state index in [1.165, 1.54) is 0 Å². The van der Waals surface area contributed by atoms with Gasteiger partial charge in [-0.15, -0.1) is 0 Å². The van der Waals surface area contributed by atoms with E-state index in [4.69, 9.17) is 14.6 Å². The fourth-order valence-electron chi connectivity index (χ4n) is 3.05. The molecule has 1 amide bonds. The van der Waals surface area contributed by atoms with Crippen molar-refractivity contribution < 1.29 is 14.4 Å². The van der Waals surface area contributed by atoms with Crippen LogP contribution < -0.4 is 10.2 Å². The summed E-state index contributed by atoms with van der Waals surface area (Å²) in [6, 6.07) is 26.6. The molecule has 0 saturated heterocycles. The maximum absolute atomic E-state index is 12.8. The number of nitrogens with zero attached hydrogens (tertiary/aromatic N) is 1. The first-order valence-electron chi connectivity index (χ1n) is 9.46. The van der Waals surface area contributed by atoms with Gasteiger partial charge in [-0.3, -0.25) is 9.63 Å². The van der Waals surface area contributed by atoms with Crippen molar-refractivity contribution in [1.82, 2.24) is 10.5 Å². The molecule has 0 unspecified atom stereocenters. The Morgan fingerprint density at radius 2 is 1.70 bits per heavy atom. The van der Waals surface area contributed by atoms with Gasteiger partial charge in [0.25, 0.3) is 5.91 Å². The molecule has 1 heterocycles. The Balaban J connectivity index is 1.48. The van der Waals surface area contributed by atoms with Gasteiger partial charge in [-0.1, -0.05) is 64.5 Å². The SMILES string of the molecule is O=C(NOCCOc1ccccc1)c1cc(-c2cccc(Br)c2)nc2ccccc12. The molecule has 1 aromatic heterocycles. The Morgan fingerprint density at radius 3 is 2.53 bits per heavy atom. The van der Waals surface area contributed by atoms with Crippen molar-refractivity contribution in [2.45, 2.75) is 0 Å². The standard InChI is InChI=1S/C24H19BrN2O3/c25-18-8-6-7-17(15-18)23-16-21(20-11-4-5-12-22(20)26-23)24(28)27-30-14-13-29-19-9-2-1-3-10-19/h1-12,15-16H,13-14H2,(H,27,28). The van der Waals surface area contributed by atoms with E-state index in [-0.39, 0.29) is 12.5 Å². The normalized spacial score (nSPS) is 10.7. The molecule has 4 rings (SSSR count). The predicted octanol–water partition coefficient (Wildman–Crippen LogP) is 5.40. The number of hydrogen-bond donors (Lipinski definition) is 1. The minimum atomic E-state index is -0.329. The zero-order valence-corrected chi connectivity index (χ0v) is 17.6. The van der Waals surface area contributed by atoms with Gasteiger partial charge in [0.15, 0.2) is 0 Å². The van der Waals surface area contributed by atoms with Crippen LogP contribution in [-0.2, 0) is 4.84 Å². The van der Waals surface area contributed by atoms with Crippen molar-refractivity contribution >= 4 is 32.7 Å². The molecule has 0 spiro atoms. The van der Waals surface area contributed by atoms with Crippen LogP contribution in [0.25, 0.3) is 22.2 Å². The van der Waals surface area contributed by atoms with Crippen LogP contribution in [-0.4, -0.2) is 24.1 Å². The second-order valence-electron chi connectivity index (χ2n) is 6.52. The molecule has 0 atom stereocenters. The lowest BCUT2D eigenvalue weighted by atomic mass is 10.0. The van der Waals surface area contributed by atoms with Gasteiger partial charge in [-0.2, -0.15) is 0 Å². The predicted molar refractivity (Wildman–Crippen MR) is 120 cm³/mol. The van der Waals surface area contributed by atoms with Gasteiger partial charge in [-0.05, 0) is 36.4 Å². The highest BCUT2D eigenvalue weighted by Crippen LogP contribution is 2.26. The monoisotopic (exact) mass is 462 g/mol. The molecule has 0 fully saturated rings. The molecule has 4 aromatic rings. The quantitative estimate of drug-likeness (QED) is 0.294. The summed E-state index contributed by atoms with van der Waals surface area (Å²) in [5, 5.41) is 0.762. The molecule has 0 bridgehead atoms. The number of hydrogen-bond acceptors (Lipinski definition) is 4. The number of para-hydroxylation sites is 2. The summed E-state index contributed by atoms with van der Waals surface area (Å²) in [6.07, 6.45) is 0. The number of carbonyl (C=O) groups excluding carboxylic acids is 1. The third-order valence-corrected chi connectivity index (χ3v) is 4.94. The van der Waals surface area contributed by atoms with Gasteiger partial charge < -0.3 is 4.74 Å². The number of fused-ring (bicyclic) bond motifs is 1. The lowest BCUT2D eigenvalue weighted by Gasteiger charge is -2.11. The Hall–Kier alpha value is -3.22. The van der Waals surface area contributed by atoms with Gasteiger partial charge in [0, 0.05) is 15.4 Å². The molecule has 0 saturated carbocycles. The zero-order chi connectivity index (χ0) is 20.8. The highest BCUT2D eigenvalue weighted by molar-refractivity contribution is 9.10. The van der Waals surface area contributed by atoms with Crippen LogP contribution in [0.4, 0.5) is 0 Å². The lowest BCUT2D eigenvalue weighted by Crippen LogP contribution is -2.26. The van der Waals surface area contributed by atoms with Crippen LogP contribution in [0.1, 0.15) is 10.4 Å². The molecule has 6 heteroatoms. The van der Waals surface area contributed by atoms with Crippen LogP contribution in [0, 0.1) is 0 Å².